The molecular weight excluding hydrogens is 258 g/mol. The molecule has 3 heterocycles. The monoisotopic (exact) mass is 277 g/mol. The lowest BCUT2D eigenvalue weighted by Gasteiger charge is -2.37. The Labute approximate surface area is 117 Å². The molecule has 4 nitrogen and oxygen atoms in total. The molecule has 0 saturated carbocycles. The van der Waals surface area contributed by atoms with E-state index in [0.717, 1.165) is 42.5 Å². The molecule has 102 valence electrons. The predicted molar refractivity (Wildman–Crippen MR) is 77.2 cm³/mol. The molecular formula is C14H19N3OS. The van der Waals surface area contributed by atoms with Crippen LogP contribution in [0.4, 0.5) is 0 Å². The highest BCUT2D eigenvalue weighted by Crippen LogP contribution is 2.25. The molecule has 1 fully saturated rings. The molecule has 19 heavy (non-hydrogen) atoms. The van der Waals surface area contributed by atoms with Gasteiger partial charge < -0.3 is 9.84 Å². The van der Waals surface area contributed by atoms with E-state index in [4.69, 9.17) is 4.52 Å². The van der Waals surface area contributed by atoms with Gasteiger partial charge in [-0.1, -0.05) is 18.1 Å². The third kappa shape index (κ3) is 2.88. The molecule has 0 bridgehead atoms. The number of rotatable bonds is 6. The molecule has 1 saturated heterocycles. The fourth-order valence-corrected chi connectivity index (χ4v) is 3.01. The zero-order valence-corrected chi connectivity index (χ0v) is 11.9. The summed E-state index contributed by atoms with van der Waals surface area (Å²) in [6.45, 7) is 6.41. The molecule has 1 aliphatic rings. The second kappa shape index (κ2) is 5.86. The van der Waals surface area contributed by atoms with Crippen LogP contribution < -0.4 is 5.32 Å². The van der Waals surface area contributed by atoms with Gasteiger partial charge in [0, 0.05) is 31.7 Å². The average molecular weight is 277 g/mol. The van der Waals surface area contributed by atoms with Gasteiger partial charge in [0.25, 0.3) is 0 Å². The summed E-state index contributed by atoms with van der Waals surface area (Å²) in [4.78, 5) is 3.64. The Balaban J connectivity index is 1.68. The van der Waals surface area contributed by atoms with Crippen LogP contribution in [0.25, 0.3) is 10.6 Å². The van der Waals surface area contributed by atoms with Gasteiger partial charge in [0.15, 0.2) is 5.76 Å². The minimum atomic E-state index is 0.654. The van der Waals surface area contributed by atoms with Crippen molar-refractivity contribution in [3.63, 3.8) is 0 Å². The zero-order chi connectivity index (χ0) is 13.1. The Bertz CT molecular complexity index is 505. The van der Waals surface area contributed by atoms with Gasteiger partial charge in [-0.05, 0) is 24.4 Å². The Hall–Kier alpha value is -1.17. The molecule has 0 aliphatic carbocycles. The summed E-state index contributed by atoms with van der Waals surface area (Å²) in [5.74, 6) is 0.883. The van der Waals surface area contributed by atoms with Crippen molar-refractivity contribution < 1.29 is 4.52 Å². The highest BCUT2D eigenvalue weighted by molar-refractivity contribution is 7.13. The van der Waals surface area contributed by atoms with E-state index in [-0.39, 0.29) is 0 Å². The topological polar surface area (TPSA) is 41.3 Å². The van der Waals surface area contributed by atoms with E-state index in [2.05, 4.69) is 39.8 Å². The first kappa shape index (κ1) is 12.8. The standard InChI is InChI=1S/C14H19N3OS/c1-2-5-17(12-8-15-9-12)10-11-7-13(18-16-11)14-4-3-6-19-14/h3-4,6-7,12,15H,2,5,8-10H2,1H3. The quantitative estimate of drug-likeness (QED) is 0.881. The lowest BCUT2D eigenvalue weighted by molar-refractivity contribution is 0.134. The molecule has 0 aromatic carbocycles. The predicted octanol–water partition coefficient (Wildman–Crippen LogP) is 2.59. The van der Waals surface area contributed by atoms with E-state index >= 15 is 0 Å². The van der Waals surface area contributed by atoms with Crippen LogP contribution in [0.2, 0.25) is 0 Å². The van der Waals surface area contributed by atoms with Crippen molar-refractivity contribution in [2.45, 2.75) is 25.9 Å². The van der Waals surface area contributed by atoms with Gasteiger partial charge in [0.2, 0.25) is 0 Å². The van der Waals surface area contributed by atoms with Crippen molar-refractivity contribution in [3.8, 4) is 10.6 Å². The van der Waals surface area contributed by atoms with Crippen LogP contribution in [0.5, 0.6) is 0 Å². The van der Waals surface area contributed by atoms with Crippen LogP contribution in [0.3, 0.4) is 0 Å². The molecule has 5 heteroatoms. The highest BCUT2D eigenvalue weighted by Gasteiger charge is 2.24. The third-order valence-corrected chi connectivity index (χ3v) is 4.36. The maximum absolute atomic E-state index is 5.44. The lowest BCUT2D eigenvalue weighted by Crippen LogP contribution is -2.57. The Kier molecular flexibility index (Phi) is 3.96. The first-order valence-corrected chi connectivity index (χ1v) is 7.69. The molecule has 0 unspecified atom stereocenters. The van der Waals surface area contributed by atoms with Gasteiger partial charge in [-0.15, -0.1) is 11.3 Å². The van der Waals surface area contributed by atoms with Gasteiger partial charge in [0.1, 0.15) is 0 Å². The van der Waals surface area contributed by atoms with Gasteiger partial charge in [-0.3, -0.25) is 4.90 Å². The maximum atomic E-state index is 5.44. The molecule has 2 aromatic rings. The minimum Gasteiger partial charge on any atom is -0.355 e. The van der Waals surface area contributed by atoms with Crippen molar-refractivity contribution in [1.29, 1.82) is 0 Å². The Morgan fingerprint density at radius 3 is 3.05 bits per heavy atom. The van der Waals surface area contributed by atoms with Crippen molar-refractivity contribution in [3.05, 3.63) is 29.3 Å². The molecule has 2 aromatic heterocycles. The summed E-state index contributed by atoms with van der Waals surface area (Å²) in [7, 11) is 0. The van der Waals surface area contributed by atoms with Crippen molar-refractivity contribution in [2.75, 3.05) is 19.6 Å². The van der Waals surface area contributed by atoms with E-state index in [9.17, 15) is 0 Å². The SMILES string of the molecule is CCCN(Cc1cc(-c2cccs2)on1)C1CNC1. The van der Waals surface area contributed by atoms with Crippen LogP contribution in [0.1, 0.15) is 19.0 Å². The van der Waals surface area contributed by atoms with Crippen LogP contribution in [0, 0.1) is 0 Å². The van der Waals surface area contributed by atoms with E-state index in [1.54, 1.807) is 11.3 Å². The Morgan fingerprint density at radius 2 is 2.42 bits per heavy atom. The molecule has 0 radical (unpaired) electrons. The summed E-state index contributed by atoms with van der Waals surface area (Å²) in [6.07, 6.45) is 1.17. The maximum Gasteiger partial charge on any atom is 0.177 e. The highest BCUT2D eigenvalue weighted by atomic mass is 32.1. The normalized spacial score (nSPS) is 15.9. The number of thiophene rings is 1. The second-order valence-electron chi connectivity index (χ2n) is 4.94. The fourth-order valence-electron chi connectivity index (χ4n) is 2.34. The smallest absolute Gasteiger partial charge is 0.177 e. The second-order valence-corrected chi connectivity index (χ2v) is 5.89. The van der Waals surface area contributed by atoms with Gasteiger partial charge in [-0.2, -0.15) is 0 Å². The van der Waals surface area contributed by atoms with Gasteiger partial charge in [-0.25, -0.2) is 0 Å². The van der Waals surface area contributed by atoms with E-state index in [1.165, 1.54) is 6.42 Å². The lowest BCUT2D eigenvalue weighted by atomic mass is 10.1. The van der Waals surface area contributed by atoms with E-state index in [1.807, 2.05) is 6.07 Å². The minimum absolute atomic E-state index is 0.654. The van der Waals surface area contributed by atoms with Gasteiger partial charge in [0.05, 0.1) is 10.6 Å². The van der Waals surface area contributed by atoms with Crippen molar-refractivity contribution >= 4 is 11.3 Å². The number of hydrogen-bond acceptors (Lipinski definition) is 5. The van der Waals surface area contributed by atoms with Gasteiger partial charge >= 0.3 is 0 Å². The third-order valence-electron chi connectivity index (χ3n) is 3.48. The number of nitrogens with zero attached hydrogens (tertiary/aromatic N) is 2. The largest absolute Gasteiger partial charge is 0.355 e. The summed E-state index contributed by atoms with van der Waals surface area (Å²) in [5.41, 5.74) is 1.03. The van der Waals surface area contributed by atoms with E-state index < -0.39 is 0 Å². The summed E-state index contributed by atoms with van der Waals surface area (Å²) in [6, 6.07) is 6.82. The zero-order valence-electron chi connectivity index (χ0n) is 11.1. The molecule has 0 atom stereocenters. The molecule has 0 spiro atoms. The summed E-state index contributed by atoms with van der Waals surface area (Å²) in [5, 5.41) is 9.59. The van der Waals surface area contributed by atoms with Crippen molar-refractivity contribution in [2.24, 2.45) is 0 Å². The number of hydrogen-bond donors (Lipinski definition) is 1. The van der Waals surface area contributed by atoms with Crippen LogP contribution in [-0.2, 0) is 6.54 Å². The first-order chi connectivity index (χ1) is 9.36. The Morgan fingerprint density at radius 1 is 1.53 bits per heavy atom. The van der Waals surface area contributed by atoms with Crippen LogP contribution in [0.15, 0.2) is 28.1 Å². The first-order valence-electron chi connectivity index (χ1n) is 6.81. The number of nitrogens with one attached hydrogen (secondary N) is 1. The molecule has 1 aliphatic heterocycles. The average Bonchev–Trinajstić information content (AvgIpc) is 2.95. The van der Waals surface area contributed by atoms with Crippen LogP contribution in [-0.4, -0.2) is 35.7 Å². The molecule has 3 rings (SSSR count). The van der Waals surface area contributed by atoms with Crippen LogP contribution >= 0.6 is 11.3 Å². The summed E-state index contributed by atoms with van der Waals surface area (Å²) >= 11 is 1.68. The number of aromatic nitrogens is 1. The summed E-state index contributed by atoms with van der Waals surface area (Å²) < 4.78 is 5.44. The van der Waals surface area contributed by atoms with Crippen molar-refractivity contribution in [1.82, 2.24) is 15.4 Å². The fraction of sp³-hybridized carbons (Fsp3) is 0.500. The van der Waals surface area contributed by atoms with E-state index in [0.29, 0.717) is 6.04 Å². The molecule has 0 amide bonds. The molecule has 1 N–H and O–H groups in total.